The maximum absolute atomic E-state index is 12.5. The van der Waals surface area contributed by atoms with Crippen LogP contribution in [0.4, 0.5) is 0 Å². The SMILES string of the molecule is CCC(C)(CC)NC(=O)C1CC2CCCC(C1)C2N.Cl. The Balaban J connectivity index is 0.00000200. The maximum Gasteiger partial charge on any atom is 0.223 e. The molecule has 2 fully saturated rings. The van der Waals surface area contributed by atoms with Gasteiger partial charge in [0.15, 0.2) is 0 Å². The van der Waals surface area contributed by atoms with Gasteiger partial charge in [0, 0.05) is 17.5 Å². The standard InChI is InChI=1S/C16H30N2O.ClH/c1-4-16(3,5-2)18-15(19)13-9-11-7-6-8-12(10-13)14(11)17;/h11-14H,4-10,17H2,1-3H3,(H,18,19);1H. The summed E-state index contributed by atoms with van der Waals surface area (Å²) < 4.78 is 0. The van der Waals surface area contributed by atoms with E-state index in [0.717, 1.165) is 25.7 Å². The third-order valence-electron chi connectivity index (χ3n) is 5.77. The largest absolute Gasteiger partial charge is 0.351 e. The number of amides is 1. The molecule has 3 N–H and O–H groups in total. The Hall–Kier alpha value is -0.280. The fourth-order valence-corrected chi connectivity index (χ4v) is 3.83. The molecule has 2 rings (SSSR count). The van der Waals surface area contributed by atoms with Gasteiger partial charge >= 0.3 is 0 Å². The van der Waals surface area contributed by atoms with E-state index in [0.29, 0.717) is 17.9 Å². The normalized spacial score (nSPS) is 33.2. The van der Waals surface area contributed by atoms with Gasteiger partial charge in [-0.15, -0.1) is 12.4 Å². The number of halogens is 1. The summed E-state index contributed by atoms with van der Waals surface area (Å²) in [7, 11) is 0. The van der Waals surface area contributed by atoms with Gasteiger partial charge < -0.3 is 11.1 Å². The van der Waals surface area contributed by atoms with E-state index in [-0.39, 0.29) is 29.8 Å². The highest BCUT2D eigenvalue weighted by atomic mass is 35.5. The highest BCUT2D eigenvalue weighted by Gasteiger charge is 2.41. The summed E-state index contributed by atoms with van der Waals surface area (Å²) in [6, 6.07) is 0.349. The molecule has 2 unspecified atom stereocenters. The molecule has 2 aliphatic carbocycles. The predicted molar refractivity (Wildman–Crippen MR) is 85.9 cm³/mol. The first-order chi connectivity index (χ1) is 8.99. The lowest BCUT2D eigenvalue weighted by Crippen LogP contribution is -2.52. The minimum atomic E-state index is -0.0360. The molecule has 0 aliphatic heterocycles. The molecule has 2 aliphatic rings. The minimum absolute atomic E-state index is 0. The van der Waals surface area contributed by atoms with Crippen molar-refractivity contribution in [3.05, 3.63) is 0 Å². The van der Waals surface area contributed by atoms with Crippen LogP contribution in [0.15, 0.2) is 0 Å². The molecular weight excluding hydrogens is 272 g/mol. The first-order valence-corrected chi connectivity index (χ1v) is 8.06. The van der Waals surface area contributed by atoms with Gasteiger partial charge in [0.05, 0.1) is 0 Å². The molecule has 20 heavy (non-hydrogen) atoms. The van der Waals surface area contributed by atoms with E-state index in [1.807, 2.05) is 0 Å². The summed E-state index contributed by atoms with van der Waals surface area (Å²) in [6.45, 7) is 6.45. The lowest BCUT2D eigenvalue weighted by molar-refractivity contribution is -0.129. The fourth-order valence-electron chi connectivity index (χ4n) is 3.83. The van der Waals surface area contributed by atoms with Crippen LogP contribution in [-0.4, -0.2) is 17.5 Å². The lowest BCUT2D eigenvalue weighted by atomic mass is 9.65. The maximum atomic E-state index is 12.5. The smallest absolute Gasteiger partial charge is 0.223 e. The van der Waals surface area contributed by atoms with Crippen LogP contribution in [0.2, 0.25) is 0 Å². The lowest BCUT2D eigenvalue weighted by Gasteiger charge is -2.44. The molecule has 0 saturated heterocycles. The van der Waals surface area contributed by atoms with Crippen molar-refractivity contribution >= 4 is 18.3 Å². The van der Waals surface area contributed by atoms with Crippen molar-refractivity contribution in [1.82, 2.24) is 5.32 Å². The molecule has 0 radical (unpaired) electrons. The predicted octanol–water partition coefficient (Wildman–Crippen LogP) is 3.26. The van der Waals surface area contributed by atoms with Gasteiger partial charge in [-0.1, -0.05) is 20.3 Å². The number of carbonyl (C=O) groups excluding carboxylic acids is 1. The monoisotopic (exact) mass is 302 g/mol. The number of rotatable bonds is 4. The highest BCUT2D eigenvalue weighted by molar-refractivity contribution is 5.85. The van der Waals surface area contributed by atoms with Crippen LogP contribution >= 0.6 is 12.4 Å². The van der Waals surface area contributed by atoms with Crippen molar-refractivity contribution in [2.75, 3.05) is 0 Å². The van der Waals surface area contributed by atoms with Crippen LogP contribution < -0.4 is 11.1 Å². The Labute approximate surface area is 129 Å². The highest BCUT2D eigenvalue weighted by Crippen LogP contribution is 2.42. The van der Waals surface area contributed by atoms with E-state index in [9.17, 15) is 4.79 Å². The Morgan fingerprint density at radius 2 is 1.70 bits per heavy atom. The van der Waals surface area contributed by atoms with Gasteiger partial charge in [-0.3, -0.25) is 4.79 Å². The zero-order valence-electron chi connectivity index (χ0n) is 13.2. The third kappa shape index (κ3) is 3.67. The zero-order valence-corrected chi connectivity index (χ0v) is 14.0. The summed E-state index contributed by atoms with van der Waals surface area (Å²) in [5.41, 5.74) is 6.26. The van der Waals surface area contributed by atoms with E-state index in [4.69, 9.17) is 5.73 Å². The van der Waals surface area contributed by atoms with Gasteiger partial charge in [-0.2, -0.15) is 0 Å². The van der Waals surface area contributed by atoms with Crippen LogP contribution in [0.5, 0.6) is 0 Å². The van der Waals surface area contributed by atoms with Gasteiger partial charge in [0.2, 0.25) is 5.91 Å². The molecule has 4 heteroatoms. The van der Waals surface area contributed by atoms with E-state index in [1.165, 1.54) is 19.3 Å². The Bertz CT molecular complexity index is 316. The summed E-state index contributed by atoms with van der Waals surface area (Å²) in [4.78, 5) is 12.5. The van der Waals surface area contributed by atoms with Crippen LogP contribution in [0.25, 0.3) is 0 Å². The van der Waals surface area contributed by atoms with Crippen molar-refractivity contribution in [3.8, 4) is 0 Å². The molecule has 2 bridgehead atoms. The summed E-state index contributed by atoms with van der Waals surface area (Å²) in [5, 5.41) is 3.29. The molecule has 2 saturated carbocycles. The van der Waals surface area contributed by atoms with E-state index in [2.05, 4.69) is 26.1 Å². The summed E-state index contributed by atoms with van der Waals surface area (Å²) in [5.74, 6) is 1.64. The number of hydrogen-bond acceptors (Lipinski definition) is 2. The molecule has 2 atom stereocenters. The molecule has 0 spiro atoms. The Morgan fingerprint density at radius 3 is 2.15 bits per heavy atom. The second-order valence-electron chi connectivity index (χ2n) is 6.95. The molecule has 1 amide bonds. The second kappa shape index (κ2) is 7.13. The summed E-state index contributed by atoms with van der Waals surface area (Å²) in [6.07, 6.45) is 7.75. The van der Waals surface area contributed by atoms with E-state index >= 15 is 0 Å². The topological polar surface area (TPSA) is 55.1 Å². The number of nitrogens with one attached hydrogen (secondary N) is 1. The average molecular weight is 303 g/mol. The van der Waals surface area contributed by atoms with Gasteiger partial charge in [0.1, 0.15) is 0 Å². The van der Waals surface area contributed by atoms with Crippen LogP contribution in [-0.2, 0) is 4.79 Å². The number of nitrogens with two attached hydrogens (primary N) is 1. The van der Waals surface area contributed by atoms with Gasteiger partial charge in [-0.25, -0.2) is 0 Å². The molecule has 3 nitrogen and oxygen atoms in total. The quantitative estimate of drug-likeness (QED) is 0.837. The summed E-state index contributed by atoms with van der Waals surface area (Å²) >= 11 is 0. The van der Waals surface area contributed by atoms with Crippen molar-refractivity contribution in [3.63, 3.8) is 0 Å². The molecule has 0 aromatic carbocycles. The van der Waals surface area contributed by atoms with Gasteiger partial charge in [-0.05, 0) is 57.3 Å². The van der Waals surface area contributed by atoms with Crippen LogP contribution in [0, 0.1) is 17.8 Å². The minimum Gasteiger partial charge on any atom is -0.351 e. The molecule has 0 heterocycles. The van der Waals surface area contributed by atoms with Crippen molar-refractivity contribution in [2.45, 2.75) is 77.3 Å². The Kier molecular flexibility index (Phi) is 6.33. The van der Waals surface area contributed by atoms with Gasteiger partial charge in [0.25, 0.3) is 0 Å². The molecule has 0 aromatic heterocycles. The van der Waals surface area contributed by atoms with Crippen LogP contribution in [0.3, 0.4) is 0 Å². The number of hydrogen-bond donors (Lipinski definition) is 2. The van der Waals surface area contributed by atoms with Crippen LogP contribution in [0.1, 0.15) is 65.7 Å². The molecule has 0 aromatic rings. The number of carbonyl (C=O) groups is 1. The third-order valence-corrected chi connectivity index (χ3v) is 5.77. The fraction of sp³-hybridized carbons (Fsp3) is 0.938. The van der Waals surface area contributed by atoms with Crippen molar-refractivity contribution in [2.24, 2.45) is 23.5 Å². The number of fused-ring (bicyclic) bond motifs is 2. The zero-order chi connectivity index (χ0) is 14.0. The average Bonchev–Trinajstić information content (AvgIpc) is 2.38. The van der Waals surface area contributed by atoms with E-state index < -0.39 is 0 Å². The second-order valence-corrected chi connectivity index (χ2v) is 6.95. The Morgan fingerprint density at radius 1 is 1.20 bits per heavy atom. The van der Waals surface area contributed by atoms with Crippen molar-refractivity contribution < 1.29 is 4.79 Å². The van der Waals surface area contributed by atoms with Crippen molar-refractivity contribution in [1.29, 1.82) is 0 Å². The first-order valence-electron chi connectivity index (χ1n) is 8.06. The molecule has 118 valence electrons. The first kappa shape index (κ1) is 17.8. The van der Waals surface area contributed by atoms with E-state index in [1.54, 1.807) is 0 Å². The molecular formula is C16H31ClN2O.